The number of benzene rings is 2. The summed E-state index contributed by atoms with van der Waals surface area (Å²) in [5.41, 5.74) is 0. The van der Waals surface area contributed by atoms with Crippen molar-refractivity contribution in [1.82, 2.24) is 14.1 Å². The first-order chi connectivity index (χ1) is 15.7. The SMILES string of the molecule is CCN([C@H]1CCCN(C2CCN(C(C)C)CC2)C1=O)S(=O)(=O)c1ccc2cc(Cl)ccc2c1. The third-order valence-electron chi connectivity index (χ3n) is 7.15. The molecule has 8 heteroatoms. The van der Waals surface area contributed by atoms with Crippen LogP contribution in [0.1, 0.15) is 46.5 Å². The standard InChI is InChI=1S/C25H34ClN3O3S/c1-4-29(33(31,32)23-10-8-19-16-21(26)9-7-20(19)17-23)24-6-5-13-28(25(24)30)22-11-14-27(15-12-22)18(2)3/h7-10,16-18,22,24H,4-6,11-15H2,1-3H3/t24-/m0/s1. The van der Waals surface area contributed by atoms with E-state index >= 15 is 0 Å². The van der Waals surface area contributed by atoms with Gasteiger partial charge in [0.2, 0.25) is 15.9 Å². The van der Waals surface area contributed by atoms with Crippen molar-refractivity contribution in [1.29, 1.82) is 0 Å². The molecule has 2 fully saturated rings. The van der Waals surface area contributed by atoms with Crippen molar-refractivity contribution < 1.29 is 13.2 Å². The highest BCUT2D eigenvalue weighted by Crippen LogP contribution is 2.30. The number of fused-ring (bicyclic) bond motifs is 1. The van der Waals surface area contributed by atoms with Gasteiger partial charge in [-0.05, 0) is 74.6 Å². The predicted molar refractivity (Wildman–Crippen MR) is 133 cm³/mol. The molecule has 180 valence electrons. The molecule has 1 atom stereocenters. The highest BCUT2D eigenvalue weighted by atomic mass is 35.5. The van der Waals surface area contributed by atoms with E-state index < -0.39 is 16.1 Å². The van der Waals surface area contributed by atoms with Crippen molar-refractivity contribution in [3.8, 4) is 0 Å². The quantitative estimate of drug-likeness (QED) is 0.602. The van der Waals surface area contributed by atoms with Crippen molar-refractivity contribution in [3.05, 3.63) is 41.4 Å². The van der Waals surface area contributed by atoms with E-state index in [0.29, 0.717) is 17.5 Å². The second kappa shape index (κ2) is 9.90. The average Bonchev–Trinajstić information content (AvgIpc) is 2.80. The van der Waals surface area contributed by atoms with Gasteiger partial charge in [0.1, 0.15) is 6.04 Å². The summed E-state index contributed by atoms with van der Waals surface area (Å²) < 4.78 is 28.7. The Hall–Kier alpha value is -1.67. The zero-order valence-corrected chi connectivity index (χ0v) is 21.3. The van der Waals surface area contributed by atoms with Gasteiger partial charge in [-0.15, -0.1) is 0 Å². The number of piperidine rings is 2. The molecule has 33 heavy (non-hydrogen) atoms. The largest absolute Gasteiger partial charge is 0.338 e. The lowest BCUT2D eigenvalue weighted by molar-refractivity contribution is -0.142. The minimum Gasteiger partial charge on any atom is -0.338 e. The van der Waals surface area contributed by atoms with E-state index in [4.69, 9.17) is 11.6 Å². The maximum atomic E-state index is 13.6. The second-order valence-electron chi connectivity index (χ2n) is 9.41. The number of halogens is 1. The third-order valence-corrected chi connectivity index (χ3v) is 9.37. The van der Waals surface area contributed by atoms with E-state index in [9.17, 15) is 13.2 Å². The minimum atomic E-state index is -3.81. The number of carbonyl (C=O) groups is 1. The normalized spacial score (nSPS) is 21.5. The fourth-order valence-corrected chi connectivity index (χ4v) is 7.11. The summed E-state index contributed by atoms with van der Waals surface area (Å²) in [6.45, 7) is 9.15. The number of likely N-dealkylation sites (N-methyl/N-ethyl adjacent to an activating group) is 1. The van der Waals surface area contributed by atoms with Gasteiger partial charge in [0.25, 0.3) is 0 Å². The number of nitrogens with zero attached hydrogens (tertiary/aromatic N) is 3. The molecular weight excluding hydrogens is 458 g/mol. The van der Waals surface area contributed by atoms with Gasteiger partial charge in [0.15, 0.2) is 0 Å². The molecule has 2 aliphatic rings. The van der Waals surface area contributed by atoms with Crippen molar-refractivity contribution in [2.45, 2.75) is 69.5 Å². The molecule has 0 unspecified atom stereocenters. The lowest BCUT2D eigenvalue weighted by Crippen LogP contribution is -2.58. The van der Waals surface area contributed by atoms with E-state index in [0.717, 1.165) is 49.7 Å². The maximum absolute atomic E-state index is 13.6. The first kappa shape index (κ1) is 24.5. The topological polar surface area (TPSA) is 60.9 Å². The molecule has 0 radical (unpaired) electrons. The monoisotopic (exact) mass is 491 g/mol. The summed E-state index contributed by atoms with van der Waals surface area (Å²) in [7, 11) is -3.81. The Morgan fingerprint density at radius 2 is 1.70 bits per heavy atom. The van der Waals surface area contributed by atoms with Gasteiger partial charge in [-0.3, -0.25) is 4.79 Å². The molecule has 2 saturated heterocycles. The zero-order chi connectivity index (χ0) is 23.8. The van der Waals surface area contributed by atoms with Crippen LogP contribution in [0.5, 0.6) is 0 Å². The Morgan fingerprint density at radius 3 is 2.36 bits per heavy atom. The number of amides is 1. The third kappa shape index (κ3) is 4.92. The molecule has 0 saturated carbocycles. The summed E-state index contributed by atoms with van der Waals surface area (Å²) in [4.78, 5) is 18.2. The molecule has 0 aliphatic carbocycles. The summed E-state index contributed by atoms with van der Waals surface area (Å²) in [5.74, 6) is -0.0396. The van der Waals surface area contributed by atoms with Crippen molar-refractivity contribution in [3.63, 3.8) is 0 Å². The molecule has 0 bridgehead atoms. The van der Waals surface area contributed by atoms with Crippen molar-refractivity contribution >= 4 is 38.3 Å². The van der Waals surface area contributed by atoms with Gasteiger partial charge in [-0.2, -0.15) is 4.31 Å². The van der Waals surface area contributed by atoms with Crippen LogP contribution in [-0.2, 0) is 14.8 Å². The molecule has 4 rings (SSSR count). The number of hydrogen-bond acceptors (Lipinski definition) is 4. The van der Waals surface area contributed by atoms with Gasteiger partial charge in [0, 0.05) is 43.3 Å². The average molecular weight is 492 g/mol. The smallest absolute Gasteiger partial charge is 0.243 e. The van der Waals surface area contributed by atoms with Crippen LogP contribution in [0.3, 0.4) is 0 Å². The van der Waals surface area contributed by atoms with E-state index in [-0.39, 0.29) is 23.4 Å². The van der Waals surface area contributed by atoms with Crippen LogP contribution in [0.2, 0.25) is 5.02 Å². The zero-order valence-electron chi connectivity index (χ0n) is 19.7. The molecule has 2 aromatic carbocycles. The van der Waals surface area contributed by atoms with Crippen molar-refractivity contribution in [2.75, 3.05) is 26.2 Å². The molecule has 0 spiro atoms. The summed E-state index contributed by atoms with van der Waals surface area (Å²) in [6, 6.07) is 10.5. The Balaban J connectivity index is 1.56. The molecule has 1 amide bonds. The Bertz CT molecular complexity index is 1110. The molecular formula is C25H34ClN3O3S. The molecule has 2 aromatic rings. The van der Waals surface area contributed by atoms with Crippen LogP contribution >= 0.6 is 11.6 Å². The van der Waals surface area contributed by atoms with Crippen molar-refractivity contribution in [2.24, 2.45) is 0 Å². The number of hydrogen-bond donors (Lipinski definition) is 0. The summed E-state index contributed by atoms with van der Waals surface area (Å²) >= 11 is 6.07. The van der Waals surface area contributed by atoms with E-state index in [1.165, 1.54) is 4.31 Å². The fourth-order valence-electron chi connectivity index (χ4n) is 5.27. The van der Waals surface area contributed by atoms with Crippen LogP contribution in [0.25, 0.3) is 10.8 Å². The van der Waals surface area contributed by atoms with E-state index in [1.54, 1.807) is 24.3 Å². The van der Waals surface area contributed by atoms with E-state index in [1.807, 2.05) is 24.0 Å². The fraction of sp³-hybridized carbons (Fsp3) is 0.560. The highest BCUT2D eigenvalue weighted by Gasteiger charge is 2.41. The second-order valence-corrected chi connectivity index (χ2v) is 11.7. The molecule has 0 N–H and O–H groups in total. The summed E-state index contributed by atoms with van der Waals surface area (Å²) in [5, 5.41) is 2.31. The first-order valence-electron chi connectivity index (χ1n) is 12.0. The van der Waals surface area contributed by atoms with Gasteiger partial charge in [-0.1, -0.05) is 30.7 Å². The van der Waals surface area contributed by atoms with Gasteiger partial charge in [-0.25, -0.2) is 8.42 Å². The first-order valence-corrected chi connectivity index (χ1v) is 13.8. The van der Waals surface area contributed by atoms with Crippen LogP contribution in [-0.4, -0.2) is 72.7 Å². The molecule has 2 aliphatic heterocycles. The number of rotatable bonds is 6. The summed E-state index contributed by atoms with van der Waals surface area (Å²) in [6.07, 6.45) is 3.28. The maximum Gasteiger partial charge on any atom is 0.243 e. The number of likely N-dealkylation sites (tertiary alicyclic amines) is 2. The lowest BCUT2D eigenvalue weighted by atomic mass is 9.96. The van der Waals surface area contributed by atoms with Crippen LogP contribution in [0.4, 0.5) is 0 Å². The highest BCUT2D eigenvalue weighted by molar-refractivity contribution is 7.89. The number of sulfonamides is 1. The lowest BCUT2D eigenvalue weighted by Gasteiger charge is -2.44. The van der Waals surface area contributed by atoms with Gasteiger partial charge in [0.05, 0.1) is 4.90 Å². The minimum absolute atomic E-state index is 0.0396. The molecule has 2 heterocycles. The Kier molecular flexibility index (Phi) is 7.34. The van der Waals surface area contributed by atoms with Gasteiger partial charge < -0.3 is 9.80 Å². The van der Waals surface area contributed by atoms with Crippen LogP contribution in [0, 0.1) is 0 Å². The van der Waals surface area contributed by atoms with Crippen LogP contribution < -0.4 is 0 Å². The van der Waals surface area contributed by atoms with Gasteiger partial charge >= 0.3 is 0 Å². The predicted octanol–water partition coefficient (Wildman–Crippen LogP) is 4.37. The van der Waals surface area contributed by atoms with Crippen LogP contribution in [0.15, 0.2) is 41.3 Å². The molecule has 6 nitrogen and oxygen atoms in total. The number of carbonyl (C=O) groups excluding carboxylic acids is 1. The molecule has 0 aromatic heterocycles. The Morgan fingerprint density at radius 1 is 1.03 bits per heavy atom. The Labute approximate surface area is 202 Å². The van der Waals surface area contributed by atoms with E-state index in [2.05, 4.69) is 18.7 Å².